The molecular formula is C16H13ClN2O2. The normalized spacial score (nSPS) is 9.76. The Morgan fingerprint density at radius 1 is 1.33 bits per heavy atom. The number of carbonyl (C=O) groups excluding carboxylic acids is 1. The van der Waals surface area contributed by atoms with Crippen LogP contribution in [0.25, 0.3) is 0 Å². The molecule has 0 saturated heterocycles. The van der Waals surface area contributed by atoms with Gasteiger partial charge in [-0.25, -0.2) is 0 Å². The van der Waals surface area contributed by atoms with E-state index in [4.69, 9.17) is 21.6 Å². The lowest BCUT2D eigenvalue weighted by atomic mass is 10.1. The number of rotatable bonds is 4. The standard InChI is InChI=1S/C16H13ClN2O2/c1-11-10-12(17)6-7-13(11)16(20)19-14-4-2-3-5-15(14)21-9-8-18/h2-7,10H,9H2,1H3,(H,19,20). The van der Waals surface area contributed by atoms with Gasteiger partial charge in [0, 0.05) is 10.6 Å². The molecule has 4 nitrogen and oxygen atoms in total. The summed E-state index contributed by atoms with van der Waals surface area (Å²) < 4.78 is 5.28. The fourth-order valence-corrected chi connectivity index (χ4v) is 2.10. The third-order valence-corrected chi connectivity index (χ3v) is 3.10. The number of amides is 1. The van der Waals surface area contributed by atoms with Gasteiger partial charge in [-0.2, -0.15) is 5.26 Å². The number of carbonyl (C=O) groups is 1. The van der Waals surface area contributed by atoms with Crippen molar-refractivity contribution in [2.24, 2.45) is 0 Å². The van der Waals surface area contributed by atoms with Gasteiger partial charge in [-0.3, -0.25) is 4.79 Å². The Morgan fingerprint density at radius 2 is 2.10 bits per heavy atom. The number of ether oxygens (including phenoxy) is 1. The summed E-state index contributed by atoms with van der Waals surface area (Å²) in [5, 5.41) is 11.9. The number of benzene rings is 2. The maximum atomic E-state index is 12.3. The number of anilines is 1. The molecule has 1 N–H and O–H groups in total. The summed E-state index contributed by atoms with van der Waals surface area (Å²) in [6, 6.07) is 13.9. The fraction of sp³-hybridized carbons (Fsp3) is 0.125. The summed E-state index contributed by atoms with van der Waals surface area (Å²) in [5.41, 5.74) is 1.84. The van der Waals surface area contributed by atoms with Crippen LogP contribution < -0.4 is 10.1 Å². The van der Waals surface area contributed by atoms with Gasteiger partial charge in [-0.15, -0.1) is 0 Å². The van der Waals surface area contributed by atoms with Crippen LogP contribution in [0.15, 0.2) is 42.5 Å². The molecule has 0 fully saturated rings. The van der Waals surface area contributed by atoms with Gasteiger partial charge >= 0.3 is 0 Å². The molecule has 5 heteroatoms. The average molecular weight is 301 g/mol. The molecule has 0 radical (unpaired) electrons. The third kappa shape index (κ3) is 3.74. The fourth-order valence-electron chi connectivity index (χ4n) is 1.88. The second-order valence-electron chi connectivity index (χ2n) is 4.36. The van der Waals surface area contributed by atoms with E-state index in [-0.39, 0.29) is 12.5 Å². The van der Waals surface area contributed by atoms with Crippen molar-refractivity contribution in [1.82, 2.24) is 0 Å². The lowest BCUT2D eigenvalue weighted by molar-refractivity contribution is 0.102. The molecular weight excluding hydrogens is 288 g/mol. The minimum Gasteiger partial charge on any atom is -0.477 e. The molecule has 0 spiro atoms. The highest BCUT2D eigenvalue weighted by Crippen LogP contribution is 2.25. The van der Waals surface area contributed by atoms with E-state index in [0.717, 1.165) is 5.56 Å². The molecule has 106 valence electrons. The third-order valence-electron chi connectivity index (χ3n) is 2.86. The highest BCUT2D eigenvalue weighted by Gasteiger charge is 2.12. The van der Waals surface area contributed by atoms with E-state index < -0.39 is 0 Å². The van der Waals surface area contributed by atoms with Crippen molar-refractivity contribution in [2.45, 2.75) is 6.92 Å². The topological polar surface area (TPSA) is 62.1 Å². The van der Waals surface area contributed by atoms with Crippen molar-refractivity contribution in [3.05, 3.63) is 58.6 Å². The molecule has 0 aromatic heterocycles. The number of nitrogens with one attached hydrogen (secondary N) is 1. The van der Waals surface area contributed by atoms with Crippen LogP contribution in [-0.2, 0) is 0 Å². The molecule has 0 bridgehead atoms. The van der Waals surface area contributed by atoms with E-state index in [1.165, 1.54) is 0 Å². The maximum Gasteiger partial charge on any atom is 0.256 e. The summed E-state index contributed by atoms with van der Waals surface area (Å²) in [6.07, 6.45) is 0. The highest BCUT2D eigenvalue weighted by atomic mass is 35.5. The number of nitriles is 1. The van der Waals surface area contributed by atoms with Crippen molar-refractivity contribution in [1.29, 1.82) is 5.26 Å². The first-order chi connectivity index (χ1) is 10.1. The zero-order valence-corrected chi connectivity index (χ0v) is 12.1. The molecule has 0 unspecified atom stereocenters. The quantitative estimate of drug-likeness (QED) is 0.934. The van der Waals surface area contributed by atoms with Gasteiger partial charge in [0.05, 0.1) is 5.69 Å². The van der Waals surface area contributed by atoms with E-state index in [9.17, 15) is 4.79 Å². The van der Waals surface area contributed by atoms with E-state index in [1.54, 1.807) is 42.5 Å². The van der Waals surface area contributed by atoms with Gasteiger partial charge in [0.25, 0.3) is 5.91 Å². The lowest BCUT2D eigenvalue weighted by Gasteiger charge is -2.11. The first-order valence-electron chi connectivity index (χ1n) is 6.28. The van der Waals surface area contributed by atoms with E-state index >= 15 is 0 Å². The largest absolute Gasteiger partial charge is 0.477 e. The number of halogens is 1. The zero-order chi connectivity index (χ0) is 15.2. The summed E-state index contributed by atoms with van der Waals surface area (Å²) in [5.74, 6) is 0.205. The first kappa shape index (κ1) is 14.9. The second kappa shape index (κ2) is 6.78. The van der Waals surface area contributed by atoms with Crippen LogP contribution in [0.1, 0.15) is 15.9 Å². The van der Waals surface area contributed by atoms with Crippen LogP contribution in [0, 0.1) is 18.3 Å². The summed E-state index contributed by atoms with van der Waals surface area (Å²) in [7, 11) is 0. The van der Waals surface area contributed by atoms with Gasteiger partial charge in [-0.05, 0) is 42.8 Å². The van der Waals surface area contributed by atoms with Gasteiger partial charge in [0.2, 0.25) is 0 Å². The van der Waals surface area contributed by atoms with Crippen molar-refractivity contribution in [3.63, 3.8) is 0 Å². The molecule has 0 heterocycles. The molecule has 21 heavy (non-hydrogen) atoms. The molecule has 1 amide bonds. The number of hydrogen-bond acceptors (Lipinski definition) is 3. The smallest absolute Gasteiger partial charge is 0.256 e. The van der Waals surface area contributed by atoms with Gasteiger partial charge in [0.15, 0.2) is 6.61 Å². The Kier molecular flexibility index (Phi) is 4.81. The monoisotopic (exact) mass is 300 g/mol. The van der Waals surface area contributed by atoms with Gasteiger partial charge < -0.3 is 10.1 Å². The Balaban J connectivity index is 2.22. The minimum absolute atomic E-state index is 0.0765. The molecule has 2 aromatic rings. The Hall–Kier alpha value is -2.51. The van der Waals surface area contributed by atoms with Crippen LogP contribution in [0.4, 0.5) is 5.69 Å². The number of nitrogens with zero attached hydrogens (tertiary/aromatic N) is 1. The summed E-state index contributed by atoms with van der Waals surface area (Å²) in [6.45, 7) is 1.74. The van der Waals surface area contributed by atoms with Crippen LogP contribution in [0.5, 0.6) is 5.75 Å². The second-order valence-corrected chi connectivity index (χ2v) is 4.79. The highest BCUT2D eigenvalue weighted by molar-refractivity contribution is 6.30. The van der Waals surface area contributed by atoms with E-state index in [2.05, 4.69) is 5.32 Å². The molecule has 0 aliphatic heterocycles. The number of para-hydroxylation sites is 2. The average Bonchev–Trinajstić information content (AvgIpc) is 2.46. The molecule has 0 saturated carbocycles. The summed E-state index contributed by atoms with van der Waals surface area (Å²) >= 11 is 5.88. The molecule has 0 atom stereocenters. The van der Waals surface area contributed by atoms with E-state index in [1.807, 2.05) is 13.0 Å². The summed E-state index contributed by atoms with van der Waals surface area (Å²) in [4.78, 5) is 12.3. The van der Waals surface area contributed by atoms with Crippen LogP contribution in [-0.4, -0.2) is 12.5 Å². The Bertz CT molecular complexity index is 708. The SMILES string of the molecule is Cc1cc(Cl)ccc1C(=O)Nc1ccccc1OCC#N. The van der Waals surface area contributed by atoms with Crippen LogP contribution >= 0.6 is 11.6 Å². The van der Waals surface area contributed by atoms with E-state index in [0.29, 0.717) is 22.0 Å². The minimum atomic E-state index is -0.253. The van der Waals surface area contributed by atoms with Crippen molar-refractivity contribution in [2.75, 3.05) is 11.9 Å². The first-order valence-corrected chi connectivity index (χ1v) is 6.66. The zero-order valence-electron chi connectivity index (χ0n) is 11.4. The molecule has 0 aliphatic carbocycles. The molecule has 2 aromatic carbocycles. The van der Waals surface area contributed by atoms with Crippen molar-refractivity contribution < 1.29 is 9.53 Å². The predicted molar refractivity (Wildman–Crippen MR) is 81.7 cm³/mol. The predicted octanol–water partition coefficient (Wildman–Crippen LogP) is 3.80. The van der Waals surface area contributed by atoms with Crippen molar-refractivity contribution >= 4 is 23.2 Å². The number of hydrogen-bond donors (Lipinski definition) is 1. The molecule has 2 rings (SSSR count). The number of aryl methyl sites for hydroxylation is 1. The van der Waals surface area contributed by atoms with Crippen LogP contribution in [0.3, 0.4) is 0 Å². The Labute approximate surface area is 127 Å². The van der Waals surface area contributed by atoms with Gasteiger partial charge in [-0.1, -0.05) is 23.7 Å². The van der Waals surface area contributed by atoms with Crippen molar-refractivity contribution in [3.8, 4) is 11.8 Å². The molecule has 0 aliphatic rings. The maximum absolute atomic E-state index is 12.3. The lowest BCUT2D eigenvalue weighted by Crippen LogP contribution is -2.14. The van der Waals surface area contributed by atoms with Crippen LogP contribution in [0.2, 0.25) is 5.02 Å². The van der Waals surface area contributed by atoms with Gasteiger partial charge in [0.1, 0.15) is 11.8 Å². The Morgan fingerprint density at radius 3 is 2.81 bits per heavy atom.